The third-order valence-corrected chi connectivity index (χ3v) is 2.07. The van der Waals surface area contributed by atoms with Gasteiger partial charge in [-0.15, -0.1) is 0 Å². The summed E-state index contributed by atoms with van der Waals surface area (Å²) < 4.78 is 47.2. The molecule has 0 atom stereocenters. The third-order valence-electron chi connectivity index (χ3n) is 2.07. The normalized spacial score (nSPS) is 11.6. The van der Waals surface area contributed by atoms with E-state index in [1.54, 1.807) is 14.0 Å². The summed E-state index contributed by atoms with van der Waals surface area (Å²) in [6.07, 6.45) is -3.84. The lowest BCUT2D eigenvalue weighted by atomic mass is 10.2. The topological polar surface area (TPSA) is 31.4 Å². The van der Waals surface area contributed by atoms with Crippen LogP contribution in [0.5, 0.6) is 5.88 Å². The van der Waals surface area contributed by atoms with Crippen LogP contribution in [0.4, 0.5) is 13.2 Å². The Bertz CT molecular complexity index is 366. The third kappa shape index (κ3) is 4.22. The van der Waals surface area contributed by atoms with Crippen LogP contribution < -0.4 is 4.74 Å². The highest BCUT2D eigenvalue weighted by Crippen LogP contribution is 2.29. The molecule has 0 saturated carbocycles. The highest BCUT2D eigenvalue weighted by atomic mass is 19.4. The second kappa shape index (κ2) is 5.86. The standard InChI is InChI=1S/C11H14F3NO2/c1-8-4-5-9(11(12,13)14)15-10(8)17-7-3-6-16-2/h4-5H,3,6-7H2,1-2H3. The predicted molar refractivity (Wildman–Crippen MR) is 56.0 cm³/mol. The maximum absolute atomic E-state index is 12.4. The van der Waals surface area contributed by atoms with Crippen LogP contribution in [-0.2, 0) is 10.9 Å². The van der Waals surface area contributed by atoms with Crippen molar-refractivity contribution in [3.8, 4) is 5.88 Å². The minimum atomic E-state index is -4.45. The molecular weight excluding hydrogens is 235 g/mol. The zero-order chi connectivity index (χ0) is 12.9. The van der Waals surface area contributed by atoms with Crippen molar-refractivity contribution in [3.05, 3.63) is 23.4 Å². The first-order valence-corrected chi connectivity index (χ1v) is 5.11. The monoisotopic (exact) mass is 249 g/mol. The van der Waals surface area contributed by atoms with Gasteiger partial charge in [0.2, 0.25) is 5.88 Å². The van der Waals surface area contributed by atoms with Gasteiger partial charge in [0.15, 0.2) is 0 Å². The van der Waals surface area contributed by atoms with E-state index in [1.165, 1.54) is 6.07 Å². The maximum atomic E-state index is 12.4. The van der Waals surface area contributed by atoms with E-state index in [1.807, 2.05) is 0 Å². The van der Waals surface area contributed by atoms with Gasteiger partial charge in [-0.1, -0.05) is 6.07 Å². The van der Waals surface area contributed by atoms with Gasteiger partial charge in [-0.05, 0) is 13.0 Å². The molecule has 1 aromatic rings. The fourth-order valence-corrected chi connectivity index (χ4v) is 1.19. The van der Waals surface area contributed by atoms with Gasteiger partial charge in [0.25, 0.3) is 0 Å². The fraction of sp³-hybridized carbons (Fsp3) is 0.545. The number of hydrogen-bond acceptors (Lipinski definition) is 3. The second-order valence-corrected chi connectivity index (χ2v) is 3.51. The second-order valence-electron chi connectivity index (χ2n) is 3.51. The van der Waals surface area contributed by atoms with E-state index >= 15 is 0 Å². The van der Waals surface area contributed by atoms with Crippen LogP contribution in [0.3, 0.4) is 0 Å². The molecule has 0 spiro atoms. The Morgan fingerprint density at radius 3 is 2.53 bits per heavy atom. The average Bonchev–Trinajstić information content (AvgIpc) is 2.25. The molecule has 0 N–H and O–H groups in total. The number of methoxy groups -OCH3 is 1. The van der Waals surface area contributed by atoms with E-state index in [9.17, 15) is 13.2 Å². The smallest absolute Gasteiger partial charge is 0.433 e. The van der Waals surface area contributed by atoms with Crippen molar-refractivity contribution in [2.75, 3.05) is 20.3 Å². The van der Waals surface area contributed by atoms with Gasteiger partial charge in [-0.25, -0.2) is 4.98 Å². The fourth-order valence-electron chi connectivity index (χ4n) is 1.19. The molecule has 0 bridgehead atoms. The maximum Gasteiger partial charge on any atom is 0.433 e. The van der Waals surface area contributed by atoms with Crippen LogP contribution in [0.1, 0.15) is 17.7 Å². The van der Waals surface area contributed by atoms with E-state index < -0.39 is 11.9 Å². The number of aryl methyl sites for hydroxylation is 1. The molecule has 96 valence electrons. The molecule has 0 aliphatic rings. The summed E-state index contributed by atoms with van der Waals surface area (Å²) in [6.45, 7) is 2.43. The first-order chi connectivity index (χ1) is 7.95. The van der Waals surface area contributed by atoms with Gasteiger partial charge in [-0.2, -0.15) is 13.2 Å². The van der Waals surface area contributed by atoms with Crippen LogP contribution in [0.25, 0.3) is 0 Å². The number of rotatable bonds is 5. The summed E-state index contributed by atoms with van der Waals surface area (Å²) in [4.78, 5) is 3.45. The van der Waals surface area contributed by atoms with Crippen molar-refractivity contribution in [1.82, 2.24) is 4.98 Å². The highest BCUT2D eigenvalue weighted by Gasteiger charge is 2.33. The van der Waals surface area contributed by atoms with E-state index in [-0.39, 0.29) is 12.5 Å². The van der Waals surface area contributed by atoms with Crippen LogP contribution in [0.2, 0.25) is 0 Å². The first-order valence-electron chi connectivity index (χ1n) is 5.11. The van der Waals surface area contributed by atoms with Crippen LogP contribution in [0, 0.1) is 6.92 Å². The molecule has 0 amide bonds. The number of ether oxygens (including phenoxy) is 2. The lowest BCUT2D eigenvalue weighted by Crippen LogP contribution is -2.10. The molecule has 0 radical (unpaired) electrons. The quantitative estimate of drug-likeness (QED) is 0.752. The van der Waals surface area contributed by atoms with Crippen molar-refractivity contribution in [2.45, 2.75) is 19.5 Å². The Labute approximate surface area is 97.6 Å². The number of nitrogens with zero attached hydrogens (tertiary/aromatic N) is 1. The van der Waals surface area contributed by atoms with Crippen LogP contribution in [0.15, 0.2) is 12.1 Å². The van der Waals surface area contributed by atoms with Crippen molar-refractivity contribution in [1.29, 1.82) is 0 Å². The van der Waals surface area contributed by atoms with Crippen molar-refractivity contribution >= 4 is 0 Å². The van der Waals surface area contributed by atoms with Gasteiger partial charge in [-0.3, -0.25) is 0 Å². The Hall–Kier alpha value is -1.30. The van der Waals surface area contributed by atoms with E-state index in [2.05, 4.69) is 4.98 Å². The zero-order valence-corrected chi connectivity index (χ0v) is 9.67. The molecule has 0 aliphatic heterocycles. The molecule has 0 unspecified atom stereocenters. The predicted octanol–water partition coefficient (Wildman–Crippen LogP) is 2.82. The molecule has 0 saturated heterocycles. The van der Waals surface area contributed by atoms with Gasteiger partial charge >= 0.3 is 6.18 Å². The van der Waals surface area contributed by atoms with Crippen molar-refractivity contribution in [2.24, 2.45) is 0 Å². The molecule has 0 aliphatic carbocycles. The molecule has 6 heteroatoms. The van der Waals surface area contributed by atoms with E-state index in [0.29, 0.717) is 18.6 Å². The minimum Gasteiger partial charge on any atom is -0.477 e. The van der Waals surface area contributed by atoms with Crippen molar-refractivity contribution in [3.63, 3.8) is 0 Å². The van der Waals surface area contributed by atoms with Crippen LogP contribution in [-0.4, -0.2) is 25.3 Å². The number of pyridine rings is 1. The van der Waals surface area contributed by atoms with Gasteiger partial charge < -0.3 is 9.47 Å². The molecule has 1 rings (SSSR count). The number of aromatic nitrogens is 1. The molecular formula is C11H14F3NO2. The molecule has 1 aromatic heterocycles. The Morgan fingerprint density at radius 1 is 1.24 bits per heavy atom. The molecule has 3 nitrogen and oxygen atoms in total. The Kier molecular flexibility index (Phi) is 4.74. The highest BCUT2D eigenvalue weighted by molar-refractivity contribution is 5.27. The van der Waals surface area contributed by atoms with Gasteiger partial charge in [0, 0.05) is 25.7 Å². The Morgan fingerprint density at radius 2 is 1.94 bits per heavy atom. The Balaban J connectivity index is 2.70. The largest absolute Gasteiger partial charge is 0.477 e. The average molecular weight is 249 g/mol. The molecule has 1 heterocycles. The summed E-state index contributed by atoms with van der Waals surface area (Å²) in [6, 6.07) is 2.29. The molecule has 0 aromatic carbocycles. The van der Waals surface area contributed by atoms with E-state index in [4.69, 9.17) is 9.47 Å². The molecule has 0 fully saturated rings. The van der Waals surface area contributed by atoms with Crippen LogP contribution >= 0.6 is 0 Å². The summed E-state index contributed by atoms with van der Waals surface area (Å²) in [5.74, 6) is 0.0240. The van der Waals surface area contributed by atoms with Gasteiger partial charge in [0.05, 0.1) is 6.61 Å². The summed E-state index contributed by atoms with van der Waals surface area (Å²) >= 11 is 0. The summed E-state index contributed by atoms with van der Waals surface area (Å²) in [5.41, 5.74) is -0.361. The van der Waals surface area contributed by atoms with E-state index in [0.717, 1.165) is 6.07 Å². The number of halogens is 3. The minimum absolute atomic E-state index is 0.0240. The summed E-state index contributed by atoms with van der Waals surface area (Å²) in [7, 11) is 1.55. The lowest BCUT2D eigenvalue weighted by molar-refractivity contribution is -0.141. The SMILES string of the molecule is COCCCOc1nc(C(F)(F)F)ccc1C. The van der Waals surface area contributed by atoms with Gasteiger partial charge in [0.1, 0.15) is 5.69 Å². The first kappa shape index (κ1) is 13.8. The lowest BCUT2D eigenvalue weighted by Gasteiger charge is -2.11. The summed E-state index contributed by atoms with van der Waals surface area (Å²) in [5, 5.41) is 0. The molecule has 17 heavy (non-hydrogen) atoms. The zero-order valence-electron chi connectivity index (χ0n) is 9.67. The number of hydrogen-bond donors (Lipinski definition) is 0. The van der Waals surface area contributed by atoms with Crippen molar-refractivity contribution < 1.29 is 22.6 Å². The number of alkyl halides is 3.